The van der Waals surface area contributed by atoms with Gasteiger partial charge < -0.3 is 0 Å². The van der Waals surface area contributed by atoms with Gasteiger partial charge in [0.05, 0.1) is 5.69 Å². The van der Waals surface area contributed by atoms with Gasteiger partial charge in [-0.15, -0.1) is 0 Å². The maximum absolute atomic E-state index is 4.80. The lowest BCUT2D eigenvalue weighted by molar-refractivity contribution is 1.33. The highest BCUT2D eigenvalue weighted by atomic mass is 14.7. The smallest absolute Gasteiger partial charge is 0.0786 e. The van der Waals surface area contributed by atoms with Gasteiger partial charge in [-0.05, 0) is 65.9 Å². The number of benzene rings is 4. The zero-order valence-electron chi connectivity index (χ0n) is 15.9. The van der Waals surface area contributed by atoms with Crippen molar-refractivity contribution in [3.63, 3.8) is 0 Å². The lowest BCUT2D eigenvalue weighted by Crippen LogP contribution is -1.90. The molecule has 0 aliphatic carbocycles. The van der Waals surface area contributed by atoms with Crippen LogP contribution in [0.5, 0.6) is 0 Å². The number of aryl methyl sites for hydroxylation is 3. The molecule has 4 aromatic carbocycles. The molecular formula is C26H21N. The molecule has 0 N–H and O–H groups in total. The number of pyridine rings is 1. The molecule has 0 saturated carbocycles. The van der Waals surface area contributed by atoms with E-state index in [-0.39, 0.29) is 0 Å². The predicted molar refractivity (Wildman–Crippen MR) is 116 cm³/mol. The first-order valence-electron chi connectivity index (χ1n) is 9.40. The van der Waals surface area contributed by atoms with E-state index in [1.54, 1.807) is 0 Å². The molecule has 0 saturated heterocycles. The Morgan fingerprint density at radius 2 is 1.26 bits per heavy atom. The van der Waals surface area contributed by atoms with Crippen LogP contribution in [0.25, 0.3) is 43.6 Å². The molecule has 1 nitrogen and oxygen atoms in total. The SMILES string of the molecule is Cc1cc(C)cc(-c2nccc3ccc4c5ccc(C)cc5ccc4c23)c1. The first-order chi connectivity index (χ1) is 13.1. The first-order valence-corrected chi connectivity index (χ1v) is 9.40. The van der Waals surface area contributed by atoms with Crippen molar-refractivity contribution in [1.29, 1.82) is 0 Å². The summed E-state index contributed by atoms with van der Waals surface area (Å²) in [5, 5.41) is 7.62. The summed E-state index contributed by atoms with van der Waals surface area (Å²) < 4.78 is 0. The van der Waals surface area contributed by atoms with Crippen molar-refractivity contribution in [3.05, 3.63) is 89.6 Å². The maximum atomic E-state index is 4.80. The van der Waals surface area contributed by atoms with Crippen LogP contribution < -0.4 is 0 Å². The van der Waals surface area contributed by atoms with E-state index >= 15 is 0 Å². The van der Waals surface area contributed by atoms with Gasteiger partial charge in [0, 0.05) is 17.1 Å². The lowest BCUT2D eigenvalue weighted by atomic mass is 9.93. The van der Waals surface area contributed by atoms with Crippen LogP contribution in [0, 0.1) is 20.8 Å². The van der Waals surface area contributed by atoms with Crippen LogP contribution >= 0.6 is 0 Å². The van der Waals surface area contributed by atoms with Crippen LogP contribution in [0.3, 0.4) is 0 Å². The van der Waals surface area contributed by atoms with E-state index in [0.29, 0.717) is 0 Å². The number of fused-ring (bicyclic) bond motifs is 5. The Kier molecular flexibility index (Phi) is 3.51. The van der Waals surface area contributed by atoms with Crippen LogP contribution in [0.2, 0.25) is 0 Å². The quantitative estimate of drug-likeness (QED) is 0.294. The molecule has 0 atom stereocenters. The van der Waals surface area contributed by atoms with Gasteiger partial charge in [0.1, 0.15) is 0 Å². The second kappa shape index (κ2) is 5.92. The third kappa shape index (κ3) is 2.59. The third-order valence-corrected chi connectivity index (χ3v) is 5.39. The van der Waals surface area contributed by atoms with Crippen LogP contribution in [0.4, 0.5) is 0 Å². The molecule has 1 aromatic heterocycles. The Morgan fingerprint density at radius 3 is 2.07 bits per heavy atom. The summed E-state index contributed by atoms with van der Waals surface area (Å²) in [7, 11) is 0. The molecule has 0 radical (unpaired) electrons. The fourth-order valence-electron chi connectivity index (χ4n) is 4.27. The highest BCUT2D eigenvalue weighted by Crippen LogP contribution is 2.36. The molecule has 5 aromatic rings. The van der Waals surface area contributed by atoms with E-state index in [9.17, 15) is 0 Å². The summed E-state index contributed by atoms with van der Waals surface area (Å²) in [4.78, 5) is 4.80. The normalized spacial score (nSPS) is 11.5. The average molecular weight is 347 g/mol. The van der Waals surface area contributed by atoms with Gasteiger partial charge >= 0.3 is 0 Å². The summed E-state index contributed by atoms with van der Waals surface area (Å²) >= 11 is 0. The maximum Gasteiger partial charge on any atom is 0.0786 e. The average Bonchev–Trinajstić information content (AvgIpc) is 2.65. The van der Waals surface area contributed by atoms with Crippen LogP contribution in [0.1, 0.15) is 16.7 Å². The fourth-order valence-corrected chi connectivity index (χ4v) is 4.27. The largest absolute Gasteiger partial charge is 0.256 e. The highest BCUT2D eigenvalue weighted by Gasteiger charge is 2.11. The van der Waals surface area contributed by atoms with Crippen molar-refractivity contribution in [3.8, 4) is 11.3 Å². The van der Waals surface area contributed by atoms with Crippen molar-refractivity contribution >= 4 is 32.3 Å². The van der Waals surface area contributed by atoms with Crippen molar-refractivity contribution in [2.45, 2.75) is 20.8 Å². The number of hydrogen-bond donors (Lipinski definition) is 0. The Bertz CT molecular complexity index is 1330. The molecule has 0 fully saturated rings. The number of nitrogens with zero attached hydrogens (tertiary/aromatic N) is 1. The van der Waals surface area contributed by atoms with Gasteiger partial charge in [-0.25, -0.2) is 0 Å². The topological polar surface area (TPSA) is 12.9 Å². The lowest BCUT2D eigenvalue weighted by Gasteiger charge is -2.12. The second-order valence-corrected chi connectivity index (χ2v) is 7.58. The van der Waals surface area contributed by atoms with E-state index in [1.165, 1.54) is 54.6 Å². The Labute approximate surface area is 159 Å². The number of hydrogen-bond acceptors (Lipinski definition) is 1. The molecule has 130 valence electrons. The zero-order chi connectivity index (χ0) is 18.5. The Morgan fingerprint density at radius 1 is 0.556 bits per heavy atom. The van der Waals surface area contributed by atoms with E-state index in [1.807, 2.05) is 6.20 Å². The molecule has 5 rings (SSSR count). The van der Waals surface area contributed by atoms with Gasteiger partial charge in [0.2, 0.25) is 0 Å². The predicted octanol–water partition coefficient (Wildman–Crippen LogP) is 7.13. The summed E-state index contributed by atoms with van der Waals surface area (Å²) in [5.74, 6) is 0. The molecule has 0 aliphatic heterocycles. The molecule has 0 bridgehead atoms. The summed E-state index contributed by atoms with van der Waals surface area (Å²) in [6.07, 6.45) is 1.92. The van der Waals surface area contributed by atoms with E-state index in [0.717, 1.165) is 5.69 Å². The van der Waals surface area contributed by atoms with Gasteiger partial charge in [-0.1, -0.05) is 65.2 Å². The highest BCUT2D eigenvalue weighted by molar-refractivity contribution is 6.20. The molecule has 27 heavy (non-hydrogen) atoms. The van der Waals surface area contributed by atoms with Crippen molar-refractivity contribution in [2.24, 2.45) is 0 Å². The molecule has 0 spiro atoms. The summed E-state index contributed by atoms with van der Waals surface area (Å²) in [6.45, 7) is 6.44. The Hall–Kier alpha value is -3.19. The minimum absolute atomic E-state index is 1.07. The second-order valence-electron chi connectivity index (χ2n) is 7.58. The van der Waals surface area contributed by atoms with Gasteiger partial charge in [0.15, 0.2) is 0 Å². The number of aromatic nitrogens is 1. The molecule has 0 aliphatic rings. The number of rotatable bonds is 1. The minimum atomic E-state index is 1.07. The van der Waals surface area contributed by atoms with E-state index < -0.39 is 0 Å². The monoisotopic (exact) mass is 347 g/mol. The third-order valence-electron chi connectivity index (χ3n) is 5.39. The fraction of sp³-hybridized carbons (Fsp3) is 0.115. The first kappa shape index (κ1) is 16.0. The van der Waals surface area contributed by atoms with Crippen molar-refractivity contribution in [2.75, 3.05) is 0 Å². The van der Waals surface area contributed by atoms with Crippen molar-refractivity contribution < 1.29 is 0 Å². The summed E-state index contributed by atoms with van der Waals surface area (Å²) in [5.41, 5.74) is 6.08. The van der Waals surface area contributed by atoms with Crippen LogP contribution in [-0.2, 0) is 0 Å². The molecular weight excluding hydrogens is 326 g/mol. The molecule has 0 unspecified atom stereocenters. The molecule has 0 amide bonds. The van der Waals surface area contributed by atoms with Crippen molar-refractivity contribution in [1.82, 2.24) is 4.98 Å². The van der Waals surface area contributed by atoms with Gasteiger partial charge in [-0.2, -0.15) is 0 Å². The van der Waals surface area contributed by atoms with E-state index in [4.69, 9.17) is 4.98 Å². The Balaban J connectivity index is 1.93. The van der Waals surface area contributed by atoms with Crippen LogP contribution in [0.15, 0.2) is 72.9 Å². The zero-order valence-corrected chi connectivity index (χ0v) is 15.9. The minimum Gasteiger partial charge on any atom is -0.256 e. The van der Waals surface area contributed by atoms with Gasteiger partial charge in [0.25, 0.3) is 0 Å². The standard InChI is InChI=1S/C26H21N/c1-16-4-7-22-20(13-16)6-9-24-23(22)8-5-19-10-11-27-26(25(19)24)21-14-17(2)12-18(3)15-21/h4-15H,1-3H3. The molecule has 1 heteroatoms. The van der Waals surface area contributed by atoms with Crippen LogP contribution in [-0.4, -0.2) is 4.98 Å². The molecule has 1 heterocycles. The van der Waals surface area contributed by atoms with Gasteiger partial charge in [-0.3, -0.25) is 4.98 Å². The van der Waals surface area contributed by atoms with E-state index in [2.05, 4.69) is 87.5 Å². The summed E-state index contributed by atoms with van der Waals surface area (Å²) in [6, 6.07) is 24.5.